The Morgan fingerprint density at radius 3 is 1.83 bits per heavy atom. The first-order valence-electron chi connectivity index (χ1n) is 19.4. The third-order valence-corrected chi connectivity index (χ3v) is 9.96. The van der Waals surface area contributed by atoms with E-state index in [1.807, 2.05) is 0 Å². The van der Waals surface area contributed by atoms with Gasteiger partial charge in [-0.1, -0.05) is 78.1 Å². The molecule has 3 fully saturated rings. The lowest BCUT2D eigenvalue weighted by Crippen LogP contribution is -2.64. The zero-order valence-corrected chi connectivity index (χ0v) is 31.1. The maximum Gasteiger partial charge on any atom is 0.308 e. The van der Waals surface area contributed by atoms with Crippen LogP contribution in [-0.2, 0) is 42.7 Å². The van der Waals surface area contributed by atoms with Gasteiger partial charge in [-0.2, -0.15) is 0 Å². The van der Waals surface area contributed by atoms with Crippen molar-refractivity contribution in [3.8, 4) is 0 Å². The van der Waals surface area contributed by atoms with E-state index in [0.29, 0.717) is 12.8 Å². The molecule has 0 aromatic heterocycles. The van der Waals surface area contributed by atoms with Gasteiger partial charge in [0.2, 0.25) is 0 Å². The summed E-state index contributed by atoms with van der Waals surface area (Å²) in [5, 5.41) is 82.3. The summed E-state index contributed by atoms with van der Waals surface area (Å²) in [5.74, 6) is -3.60. The second-order valence-electron chi connectivity index (χ2n) is 14.3. The molecule has 0 spiro atoms. The maximum absolute atomic E-state index is 13.5. The highest BCUT2D eigenvalue weighted by atomic mass is 16.8. The molecule has 0 amide bonds. The largest absolute Gasteiger partial charge is 0.455 e. The lowest BCUT2D eigenvalue weighted by atomic mass is 9.97. The Balaban J connectivity index is 1.88. The van der Waals surface area contributed by atoms with Gasteiger partial charge in [0.15, 0.2) is 25.0 Å². The van der Waals surface area contributed by atoms with E-state index >= 15 is 0 Å². The summed E-state index contributed by atoms with van der Waals surface area (Å²) >= 11 is 0. The Bertz CT molecular complexity index is 1050. The summed E-state index contributed by atoms with van der Waals surface area (Å²) in [6.07, 6.45) is -8.21. The fourth-order valence-corrected chi connectivity index (χ4v) is 6.72. The van der Waals surface area contributed by atoms with Gasteiger partial charge in [0.1, 0.15) is 55.4 Å². The second kappa shape index (κ2) is 23.5. The van der Waals surface area contributed by atoms with E-state index < -0.39 is 111 Å². The van der Waals surface area contributed by atoms with Gasteiger partial charge >= 0.3 is 11.9 Å². The first kappa shape index (κ1) is 45.8. The smallest absolute Gasteiger partial charge is 0.308 e. The summed E-state index contributed by atoms with van der Waals surface area (Å²) < 4.78 is 40.4. The van der Waals surface area contributed by atoms with Gasteiger partial charge in [0.25, 0.3) is 5.79 Å². The van der Waals surface area contributed by atoms with Crippen LogP contribution in [0.15, 0.2) is 0 Å². The first-order valence-corrected chi connectivity index (χ1v) is 19.4. The molecule has 17 heteroatoms. The summed E-state index contributed by atoms with van der Waals surface area (Å²) in [6.45, 7) is 1.98. The average Bonchev–Trinajstić information content (AvgIpc) is 3.14. The van der Waals surface area contributed by atoms with Crippen molar-refractivity contribution >= 4 is 11.9 Å². The van der Waals surface area contributed by atoms with Crippen molar-refractivity contribution in [2.75, 3.05) is 19.8 Å². The third kappa shape index (κ3) is 13.5. The number of ether oxygens (including phenoxy) is 7. The van der Waals surface area contributed by atoms with Crippen molar-refractivity contribution < 1.29 is 83.6 Å². The summed E-state index contributed by atoms with van der Waals surface area (Å²) in [5.41, 5.74) is 0. The molecule has 53 heavy (non-hydrogen) atoms. The van der Waals surface area contributed by atoms with Gasteiger partial charge in [0.05, 0.1) is 13.2 Å². The van der Waals surface area contributed by atoms with Crippen LogP contribution in [0, 0.1) is 0 Å². The van der Waals surface area contributed by atoms with Gasteiger partial charge in [-0.3, -0.25) is 9.59 Å². The van der Waals surface area contributed by atoms with E-state index in [2.05, 4.69) is 13.8 Å². The molecule has 0 radical (unpaired) electrons. The fourth-order valence-electron chi connectivity index (χ4n) is 6.72. The van der Waals surface area contributed by atoms with Crippen LogP contribution in [0.4, 0.5) is 0 Å². The molecule has 0 bridgehead atoms. The quantitative estimate of drug-likeness (QED) is 0.0517. The number of aliphatic hydroxyl groups is 8. The van der Waals surface area contributed by atoms with Crippen LogP contribution in [0.2, 0.25) is 0 Å². The molecule has 8 N–H and O–H groups in total. The number of hydrogen-bond acceptors (Lipinski definition) is 17. The van der Waals surface area contributed by atoms with Crippen molar-refractivity contribution in [1.29, 1.82) is 0 Å². The molecule has 13 atom stereocenters. The Morgan fingerprint density at radius 1 is 0.660 bits per heavy atom. The molecule has 0 aliphatic carbocycles. The summed E-state index contributed by atoms with van der Waals surface area (Å²) in [6, 6.07) is 0. The van der Waals surface area contributed by atoms with Gasteiger partial charge in [0, 0.05) is 19.3 Å². The Morgan fingerprint density at radius 2 is 1.23 bits per heavy atom. The number of aliphatic hydroxyl groups excluding tert-OH is 8. The predicted octanol–water partition coefficient (Wildman–Crippen LogP) is 0.408. The minimum absolute atomic E-state index is 0.0254. The molecule has 13 unspecified atom stereocenters. The van der Waals surface area contributed by atoms with Crippen LogP contribution in [0.25, 0.3) is 0 Å². The molecule has 3 aliphatic rings. The van der Waals surface area contributed by atoms with Gasteiger partial charge in [-0.15, -0.1) is 0 Å². The van der Waals surface area contributed by atoms with Gasteiger partial charge in [-0.25, -0.2) is 0 Å². The monoisotopic (exact) mass is 768 g/mol. The highest BCUT2D eigenvalue weighted by Gasteiger charge is 2.55. The van der Waals surface area contributed by atoms with E-state index in [4.69, 9.17) is 33.2 Å². The second-order valence-corrected chi connectivity index (χ2v) is 14.3. The van der Waals surface area contributed by atoms with Crippen molar-refractivity contribution in [3.05, 3.63) is 0 Å². The third-order valence-electron chi connectivity index (χ3n) is 9.96. The van der Waals surface area contributed by atoms with Crippen LogP contribution in [-0.4, -0.2) is 152 Å². The van der Waals surface area contributed by atoms with Gasteiger partial charge < -0.3 is 74.0 Å². The topological polar surface area (TPSA) is 261 Å². The molecular weight excluding hydrogens is 704 g/mol. The van der Waals surface area contributed by atoms with Crippen LogP contribution < -0.4 is 0 Å². The number of carbonyl (C=O) groups is 2. The zero-order chi connectivity index (χ0) is 39.0. The molecule has 3 aliphatic heterocycles. The molecule has 310 valence electrons. The Kier molecular flexibility index (Phi) is 20.3. The van der Waals surface area contributed by atoms with E-state index in [1.165, 1.54) is 0 Å². The van der Waals surface area contributed by atoms with E-state index in [0.717, 1.165) is 64.2 Å². The van der Waals surface area contributed by atoms with Crippen LogP contribution in [0.1, 0.15) is 117 Å². The van der Waals surface area contributed by atoms with E-state index in [-0.39, 0.29) is 25.7 Å². The first-order chi connectivity index (χ1) is 25.4. The molecule has 0 saturated carbocycles. The maximum atomic E-state index is 13.5. The lowest BCUT2D eigenvalue weighted by Gasteiger charge is -2.47. The Labute approximate surface area is 311 Å². The van der Waals surface area contributed by atoms with Crippen LogP contribution in [0.3, 0.4) is 0 Å². The number of unbranched alkanes of at least 4 members (excludes halogenated alkanes) is 10. The SMILES string of the molecule is CCCCCCCCCC(=O)OC1CCC(OC2C(O)C(O)OC(CO)C2O)OC1(COC1OC(CO)C(O)C(O)C1O)OC(=O)CCCCCCC. The molecule has 0 aromatic carbocycles. The van der Waals surface area contributed by atoms with Crippen LogP contribution >= 0.6 is 0 Å². The van der Waals surface area contributed by atoms with Crippen molar-refractivity contribution in [2.45, 2.75) is 196 Å². The molecule has 17 nitrogen and oxygen atoms in total. The van der Waals surface area contributed by atoms with Crippen molar-refractivity contribution in [1.82, 2.24) is 0 Å². The lowest BCUT2D eigenvalue weighted by molar-refractivity contribution is -0.397. The minimum atomic E-state index is -2.27. The predicted molar refractivity (Wildman–Crippen MR) is 183 cm³/mol. The number of hydrogen-bond donors (Lipinski definition) is 8. The standard InChI is InChI=1S/C36H64O17/c1-3-5-7-9-10-12-13-15-25(39)50-24-17-18-27(51-33-29(42)23(20-38)48-34(46)32(33)45)53-36(24,52-26(40)16-14-11-8-6-4-2)21-47-35-31(44)30(43)28(41)22(19-37)49-35/h22-24,27-35,37-38,41-46H,3-21H2,1-2H3. The molecule has 3 saturated heterocycles. The minimum Gasteiger partial charge on any atom is -0.455 e. The van der Waals surface area contributed by atoms with E-state index in [9.17, 15) is 50.4 Å². The highest BCUT2D eigenvalue weighted by molar-refractivity contribution is 5.71. The summed E-state index contributed by atoms with van der Waals surface area (Å²) in [7, 11) is 0. The van der Waals surface area contributed by atoms with Crippen LogP contribution in [0.5, 0.6) is 0 Å². The van der Waals surface area contributed by atoms with E-state index in [1.54, 1.807) is 0 Å². The van der Waals surface area contributed by atoms with Crippen molar-refractivity contribution in [3.63, 3.8) is 0 Å². The molecule has 3 heterocycles. The molecule has 3 rings (SSSR count). The highest BCUT2D eigenvalue weighted by Crippen LogP contribution is 2.38. The fraction of sp³-hybridized carbons (Fsp3) is 0.944. The number of rotatable bonds is 23. The average molecular weight is 769 g/mol. The normalized spacial score (nSPS) is 36.3. The summed E-state index contributed by atoms with van der Waals surface area (Å²) in [4.78, 5) is 26.7. The Hall–Kier alpha value is -1.58. The van der Waals surface area contributed by atoms with Crippen molar-refractivity contribution in [2.24, 2.45) is 0 Å². The molecule has 0 aromatic rings. The number of esters is 2. The molecular formula is C36H64O17. The van der Waals surface area contributed by atoms with Gasteiger partial charge in [-0.05, 0) is 19.3 Å². The zero-order valence-electron chi connectivity index (χ0n) is 31.1. The number of carbonyl (C=O) groups excluding carboxylic acids is 2.